The van der Waals surface area contributed by atoms with Crippen LogP contribution in [0, 0.1) is 17.8 Å². The molecule has 336 valence electrons. The van der Waals surface area contributed by atoms with Crippen molar-refractivity contribution >= 4 is 44.6 Å². The Morgan fingerprint density at radius 3 is 2.41 bits per heavy atom. The van der Waals surface area contributed by atoms with E-state index in [-0.39, 0.29) is 61.1 Å². The summed E-state index contributed by atoms with van der Waals surface area (Å²) in [6, 6.07) is 3.15. The maximum absolute atomic E-state index is 15.2. The van der Waals surface area contributed by atoms with E-state index in [1.54, 1.807) is 43.3 Å². The second kappa shape index (κ2) is 16.8. The Labute approximate surface area is 351 Å². The Balaban J connectivity index is 1.45. The number of nitrogens with one attached hydrogen (secondary N) is 2. The van der Waals surface area contributed by atoms with Crippen LogP contribution < -0.4 is 24.2 Å². The van der Waals surface area contributed by atoms with Gasteiger partial charge in [-0.1, -0.05) is 32.4 Å². The Morgan fingerprint density at radius 2 is 1.82 bits per heavy atom. The van der Waals surface area contributed by atoms with E-state index in [4.69, 9.17) is 14.2 Å². The molecule has 0 unspecified atom stereocenters. The maximum Gasteiger partial charge on any atom is 0.411 e. The summed E-state index contributed by atoms with van der Waals surface area (Å²) in [6.07, 6.45) is -4.00. The molecule has 2 aromatic rings. The molecule has 3 N–H and O–H groups in total. The zero-order valence-electron chi connectivity index (χ0n) is 34.9. The van der Waals surface area contributed by atoms with Crippen molar-refractivity contribution < 1.29 is 64.5 Å². The summed E-state index contributed by atoms with van der Waals surface area (Å²) in [4.78, 5) is 62.5. The van der Waals surface area contributed by atoms with Crippen LogP contribution in [0.25, 0.3) is 10.8 Å². The van der Waals surface area contributed by atoms with Crippen LogP contribution in [0.5, 0.6) is 17.5 Å². The predicted octanol–water partition coefficient (Wildman–Crippen LogP) is 5.52. The van der Waals surface area contributed by atoms with Crippen LogP contribution >= 0.6 is 0 Å². The van der Waals surface area contributed by atoms with E-state index < -0.39 is 99.1 Å². The fraction of sp³-hybridized carbons (Fsp3) is 0.634. The average molecular weight is 884 g/mol. The summed E-state index contributed by atoms with van der Waals surface area (Å²) in [7, 11) is -1.65. The normalized spacial score (nSPS) is 28.1. The minimum absolute atomic E-state index is 0.00305. The van der Waals surface area contributed by atoms with E-state index in [2.05, 4.69) is 10.3 Å². The van der Waals surface area contributed by atoms with Crippen molar-refractivity contribution in [1.29, 1.82) is 0 Å². The third-order valence-corrected chi connectivity index (χ3v) is 14.9. The number of ether oxygens (including phenoxy) is 3. The molecule has 4 aliphatic rings. The van der Waals surface area contributed by atoms with Crippen LogP contribution in [-0.4, -0.2) is 120 Å². The second-order valence-corrected chi connectivity index (χ2v) is 19.3. The van der Waals surface area contributed by atoms with Gasteiger partial charge in [-0.05, 0) is 87.8 Å². The number of halogens is 4. The summed E-state index contributed by atoms with van der Waals surface area (Å²) < 4.78 is 102. The van der Waals surface area contributed by atoms with Gasteiger partial charge in [-0.2, -0.15) is 18.2 Å². The van der Waals surface area contributed by atoms with Gasteiger partial charge in [0, 0.05) is 23.8 Å². The number of hydrogen-bond acceptors (Lipinski definition) is 10. The van der Waals surface area contributed by atoms with E-state index in [1.165, 1.54) is 14.2 Å². The van der Waals surface area contributed by atoms with Crippen molar-refractivity contribution in [3.8, 4) is 17.5 Å². The lowest BCUT2D eigenvalue weighted by atomic mass is 9.82. The SMILES string of the molecule is CC[C@@H]1C[C@H](C)CCC=C[C@@H]2C[C@@]2(C(=O)NS(=O)(=O)C2(CF)CC2)NC(=O)[C@@H]2C[C@@H](Oc3nc(OC)cc4cc(OC)ccc34)CN2C(=O)[C@H]1N(C(=O)O)C(C)(C)C(F)(F)F. The summed E-state index contributed by atoms with van der Waals surface area (Å²) >= 11 is 0. The highest BCUT2D eigenvalue weighted by Gasteiger charge is 2.64. The first-order valence-electron chi connectivity index (χ1n) is 20.3. The number of allylic oxidation sites excluding steroid dienone is 1. The number of aromatic nitrogens is 1. The number of benzene rings is 1. The van der Waals surface area contributed by atoms with Crippen molar-refractivity contribution in [3.05, 3.63) is 36.4 Å². The van der Waals surface area contributed by atoms with E-state index in [0.717, 1.165) is 4.90 Å². The molecule has 1 saturated heterocycles. The number of carbonyl (C=O) groups excluding carboxylic acids is 3. The third-order valence-electron chi connectivity index (χ3n) is 12.8. The highest BCUT2D eigenvalue weighted by molar-refractivity contribution is 7.91. The molecule has 61 heavy (non-hydrogen) atoms. The van der Waals surface area contributed by atoms with Crippen molar-refractivity contribution in [2.24, 2.45) is 17.8 Å². The Kier molecular flexibility index (Phi) is 12.5. The number of pyridine rings is 1. The number of amides is 4. The number of fused-ring (bicyclic) bond motifs is 3. The molecular weight excluding hydrogens is 831 g/mol. The molecule has 2 saturated carbocycles. The first kappa shape index (κ1) is 45.6. The van der Waals surface area contributed by atoms with Crippen LogP contribution in [0.15, 0.2) is 36.4 Å². The molecule has 0 spiro atoms. The summed E-state index contributed by atoms with van der Waals surface area (Å²) in [6.45, 7) is 3.20. The second-order valence-electron chi connectivity index (χ2n) is 17.2. The molecule has 7 atom stereocenters. The van der Waals surface area contributed by atoms with Crippen molar-refractivity contribution in [1.82, 2.24) is 24.8 Å². The maximum atomic E-state index is 15.2. The van der Waals surface area contributed by atoms with Crippen molar-refractivity contribution in [3.63, 3.8) is 0 Å². The summed E-state index contributed by atoms with van der Waals surface area (Å²) in [5, 5.41) is 14.3. The predicted molar refractivity (Wildman–Crippen MR) is 213 cm³/mol. The molecule has 1 aromatic heterocycles. The van der Waals surface area contributed by atoms with Gasteiger partial charge in [-0.15, -0.1) is 0 Å². The minimum Gasteiger partial charge on any atom is -0.497 e. The first-order valence-corrected chi connectivity index (χ1v) is 21.8. The smallest absolute Gasteiger partial charge is 0.411 e. The number of methoxy groups -OCH3 is 2. The Morgan fingerprint density at radius 1 is 1.11 bits per heavy atom. The van der Waals surface area contributed by atoms with E-state index >= 15 is 4.79 Å². The number of nitrogens with zero attached hydrogens (tertiary/aromatic N) is 3. The lowest BCUT2D eigenvalue weighted by Crippen LogP contribution is -2.66. The molecule has 3 fully saturated rings. The quantitative estimate of drug-likeness (QED) is 0.190. The molecule has 2 aliphatic carbocycles. The van der Waals surface area contributed by atoms with Gasteiger partial charge in [0.05, 0.1) is 20.8 Å². The number of sulfonamides is 1. The fourth-order valence-corrected chi connectivity index (χ4v) is 10.0. The largest absolute Gasteiger partial charge is 0.497 e. The number of alkyl halides is 4. The van der Waals surface area contributed by atoms with Gasteiger partial charge in [0.2, 0.25) is 33.6 Å². The Bertz CT molecular complexity index is 2180. The molecular formula is C41H53F4N5O10S. The van der Waals surface area contributed by atoms with Crippen LogP contribution in [0.1, 0.15) is 79.1 Å². The van der Waals surface area contributed by atoms with Gasteiger partial charge in [-0.3, -0.25) is 24.0 Å². The number of rotatable bonds is 11. The van der Waals surface area contributed by atoms with Gasteiger partial charge >= 0.3 is 12.3 Å². The fourth-order valence-electron chi connectivity index (χ4n) is 8.58. The monoisotopic (exact) mass is 883 g/mol. The summed E-state index contributed by atoms with van der Waals surface area (Å²) in [5.74, 6) is -4.37. The molecule has 1 aromatic carbocycles. The minimum atomic E-state index is -5.13. The highest BCUT2D eigenvalue weighted by atomic mass is 32.2. The summed E-state index contributed by atoms with van der Waals surface area (Å²) in [5.41, 5.74) is -4.93. The van der Waals surface area contributed by atoms with Crippen LogP contribution in [0.4, 0.5) is 22.4 Å². The molecule has 0 radical (unpaired) electrons. The van der Waals surface area contributed by atoms with Gasteiger partial charge in [0.1, 0.15) is 46.4 Å². The number of hydrogen-bond donors (Lipinski definition) is 3. The first-order chi connectivity index (χ1) is 28.6. The molecule has 2 aliphatic heterocycles. The molecule has 4 amide bonds. The molecule has 6 rings (SSSR count). The highest BCUT2D eigenvalue weighted by Crippen LogP contribution is 2.48. The van der Waals surface area contributed by atoms with Crippen LogP contribution in [0.3, 0.4) is 0 Å². The van der Waals surface area contributed by atoms with Crippen molar-refractivity contribution in [2.45, 2.75) is 119 Å². The van der Waals surface area contributed by atoms with E-state index in [1.807, 2.05) is 11.6 Å². The topological polar surface area (TPSA) is 194 Å². The lowest BCUT2D eigenvalue weighted by molar-refractivity contribution is -0.222. The zero-order valence-corrected chi connectivity index (χ0v) is 35.7. The number of carboxylic acid groups (broad SMARTS) is 1. The van der Waals surface area contributed by atoms with E-state index in [9.17, 15) is 45.5 Å². The van der Waals surface area contributed by atoms with Crippen LogP contribution in [0.2, 0.25) is 0 Å². The molecule has 15 nitrogen and oxygen atoms in total. The van der Waals surface area contributed by atoms with Gasteiger partial charge in [0.15, 0.2) is 0 Å². The van der Waals surface area contributed by atoms with Gasteiger partial charge < -0.3 is 29.5 Å². The number of carbonyl (C=O) groups is 4. The van der Waals surface area contributed by atoms with Gasteiger partial charge in [0.25, 0.3) is 5.91 Å². The molecule has 20 heteroatoms. The average Bonchev–Trinajstić information content (AvgIpc) is 4.10. The molecule has 3 heterocycles. The van der Waals surface area contributed by atoms with Gasteiger partial charge in [-0.25, -0.2) is 17.6 Å². The van der Waals surface area contributed by atoms with E-state index in [0.29, 0.717) is 43.2 Å². The zero-order chi connectivity index (χ0) is 44.9. The third kappa shape index (κ3) is 8.65. The van der Waals surface area contributed by atoms with Crippen LogP contribution in [-0.2, 0) is 24.4 Å². The lowest BCUT2D eigenvalue weighted by Gasteiger charge is -2.46. The molecule has 0 bridgehead atoms. The van der Waals surface area contributed by atoms with Crippen molar-refractivity contribution in [2.75, 3.05) is 27.4 Å². The Hall–Kier alpha value is -4.88. The standard InChI is InChI=1S/C41H53F4N5O10S/c1-7-24-16-23(2)10-8-9-11-26-20-40(26,36(53)48-61(56,57)39(22-42)14-15-39)47-33(51)30-19-28(60-34-29-13-12-27(58-5)17-25(29)18-31(46-34)59-6)21-49(30)35(52)32(24)50(37(54)55)38(3,4)41(43,44)45/h9,11-13,17-18,23-24,26,28,30,32H,7-8,10,14-16,19-22H2,1-6H3,(H,47,51)(H,48,53)(H,54,55)/t23-,24-,26-,28-,30+,32+,40-/m1/s1.